The molecule has 0 aliphatic rings. The smallest absolute Gasteiger partial charge is 0.339 e. The number of benzene rings is 2. The number of carbonyl (C=O) groups excluding carboxylic acids is 1. The molecular formula is C19H11BrCl3NO4S. The molecule has 10 heteroatoms. The van der Waals surface area contributed by atoms with Gasteiger partial charge in [-0.1, -0.05) is 62.9 Å². The molecule has 29 heavy (non-hydrogen) atoms. The summed E-state index contributed by atoms with van der Waals surface area (Å²) in [5, 5.41) is 13.8. The lowest BCUT2D eigenvalue weighted by molar-refractivity contribution is 0.0699. The van der Waals surface area contributed by atoms with Crippen LogP contribution < -0.4 is 10.1 Å². The minimum atomic E-state index is -1.18. The standard InChI is InChI=1S/C19H11BrCl3NO4S/c1-28-12-6-10(21)13(16(23)15(12)22)18(25)24-11-7-29-17(14(11)19(26)27)8-2-4-9(20)5-3-8/h2-7H,1H3,(H,24,25)(H,26,27). The average Bonchev–Trinajstić information content (AvgIpc) is 3.09. The van der Waals surface area contributed by atoms with Crippen LogP contribution in [0.4, 0.5) is 5.69 Å². The molecule has 2 N–H and O–H groups in total. The highest BCUT2D eigenvalue weighted by Crippen LogP contribution is 2.41. The van der Waals surface area contributed by atoms with Crippen LogP contribution >= 0.6 is 62.1 Å². The van der Waals surface area contributed by atoms with Gasteiger partial charge in [0.15, 0.2) is 0 Å². The number of carboxylic acids is 1. The predicted molar refractivity (Wildman–Crippen MR) is 120 cm³/mol. The van der Waals surface area contributed by atoms with Crippen LogP contribution in [0.15, 0.2) is 40.2 Å². The van der Waals surface area contributed by atoms with Crippen LogP contribution in [0.25, 0.3) is 10.4 Å². The van der Waals surface area contributed by atoms with E-state index in [0.29, 0.717) is 10.4 Å². The maximum atomic E-state index is 12.8. The van der Waals surface area contributed by atoms with Gasteiger partial charge in [0.05, 0.1) is 33.3 Å². The molecule has 1 heterocycles. The van der Waals surface area contributed by atoms with Crippen LogP contribution in [0.2, 0.25) is 15.1 Å². The van der Waals surface area contributed by atoms with Gasteiger partial charge in [0.1, 0.15) is 16.3 Å². The summed E-state index contributed by atoms with van der Waals surface area (Å²) in [7, 11) is 1.39. The first-order valence-corrected chi connectivity index (χ1v) is 10.7. The van der Waals surface area contributed by atoms with E-state index in [-0.39, 0.29) is 37.6 Å². The van der Waals surface area contributed by atoms with E-state index < -0.39 is 11.9 Å². The number of aromatic carboxylic acids is 1. The number of hydrogen-bond acceptors (Lipinski definition) is 4. The lowest BCUT2D eigenvalue weighted by Crippen LogP contribution is -2.15. The Labute approximate surface area is 193 Å². The van der Waals surface area contributed by atoms with E-state index in [2.05, 4.69) is 21.2 Å². The van der Waals surface area contributed by atoms with Crippen LogP contribution in [-0.2, 0) is 0 Å². The van der Waals surface area contributed by atoms with Crippen LogP contribution in [0.3, 0.4) is 0 Å². The summed E-state index contributed by atoms with van der Waals surface area (Å²) < 4.78 is 5.92. The van der Waals surface area contributed by atoms with Crippen LogP contribution in [0, 0.1) is 0 Å². The number of ether oxygens (including phenoxy) is 1. The Morgan fingerprint density at radius 2 is 1.76 bits per heavy atom. The zero-order valence-corrected chi connectivity index (χ0v) is 19.2. The summed E-state index contributed by atoms with van der Waals surface area (Å²) in [5.74, 6) is -1.64. The quantitative estimate of drug-likeness (QED) is 0.342. The maximum Gasteiger partial charge on any atom is 0.339 e. The van der Waals surface area contributed by atoms with Crippen molar-refractivity contribution < 1.29 is 19.4 Å². The van der Waals surface area contributed by atoms with E-state index >= 15 is 0 Å². The number of thiophene rings is 1. The van der Waals surface area contributed by atoms with E-state index in [1.807, 2.05) is 0 Å². The molecule has 1 amide bonds. The third-order valence-electron chi connectivity index (χ3n) is 3.93. The fraction of sp³-hybridized carbons (Fsp3) is 0.0526. The third kappa shape index (κ3) is 4.39. The molecule has 0 aliphatic heterocycles. The van der Waals surface area contributed by atoms with Crippen molar-refractivity contribution in [2.24, 2.45) is 0 Å². The highest BCUT2D eigenvalue weighted by Gasteiger charge is 2.25. The molecule has 0 atom stereocenters. The number of hydrogen-bond donors (Lipinski definition) is 2. The Balaban J connectivity index is 2.01. The van der Waals surface area contributed by atoms with E-state index in [1.165, 1.54) is 24.5 Å². The fourth-order valence-corrected chi connectivity index (χ4v) is 4.69. The first-order valence-electron chi connectivity index (χ1n) is 7.88. The summed E-state index contributed by atoms with van der Waals surface area (Å²) in [5.41, 5.74) is 0.730. The van der Waals surface area contributed by atoms with E-state index in [4.69, 9.17) is 39.5 Å². The van der Waals surface area contributed by atoms with Crippen molar-refractivity contribution in [3.05, 3.63) is 66.4 Å². The summed E-state index contributed by atoms with van der Waals surface area (Å²) >= 11 is 23.0. The summed E-state index contributed by atoms with van der Waals surface area (Å²) in [6.07, 6.45) is 0. The van der Waals surface area contributed by atoms with Crippen molar-refractivity contribution in [1.29, 1.82) is 0 Å². The van der Waals surface area contributed by atoms with Gasteiger partial charge in [-0.2, -0.15) is 0 Å². The Morgan fingerprint density at radius 3 is 2.34 bits per heavy atom. The van der Waals surface area contributed by atoms with E-state index in [0.717, 1.165) is 4.47 Å². The molecule has 3 rings (SSSR count). The van der Waals surface area contributed by atoms with Crippen LogP contribution in [0.5, 0.6) is 5.75 Å². The molecule has 3 aromatic rings. The second-order valence-corrected chi connectivity index (χ2v) is 8.64. The average molecular weight is 536 g/mol. The van der Waals surface area contributed by atoms with Crippen molar-refractivity contribution in [2.45, 2.75) is 0 Å². The number of halogens is 4. The van der Waals surface area contributed by atoms with Crippen molar-refractivity contribution >= 4 is 79.6 Å². The first kappa shape index (κ1) is 21.9. The Bertz CT molecular complexity index is 1120. The highest BCUT2D eigenvalue weighted by molar-refractivity contribution is 9.10. The second kappa shape index (κ2) is 8.93. The molecule has 0 radical (unpaired) electrons. The molecule has 0 bridgehead atoms. The Hall–Kier alpha value is -1.77. The fourth-order valence-electron chi connectivity index (χ4n) is 2.59. The lowest BCUT2D eigenvalue weighted by atomic mass is 10.1. The highest BCUT2D eigenvalue weighted by atomic mass is 79.9. The van der Waals surface area contributed by atoms with E-state index in [1.54, 1.807) is 29.6 Å². The number of nitrogens with one attached hydrogen (secondary N) is 1. The Morgan fingerprint density at radius 1 is 1.10 bits per heavy atom. The van der Waals surface area contributed by atoms with Crippen molar-refractivity contribution in [2.75, 3.05) is 12.4 Å². The molecule has 1 aromatic heterocycles. The van der Waals surface area contributed by atoms with Crippen molar-refractivity contribution in [3.8, 4) is 16.2 Å². The van der Waals surface area contributed by atoms with Gasteiger partial charge in [-0.05, 0) is 17.7 Å². The van der Waals surface area contributed by atoms with Gasteiger partial charge in [0, 0.05) is 15.9 Å². The zero-order valence-electron chi connectivity index (χ0n) is 14.6. The summed E-state index contributed by atoms with van der Waals surface area (Å²) in [6, 6.07) is 8.54. The molecule has 0 saturated heterocycles. The third-order valence-corrected chi connectivity index (χ3v) is 6.64. The van der Waals surface area contributed by atoms with Crippen LogP contribution in [-0.4, -0.2) is 24.1 Å². The van der Waals surface area contributed by atoms with Gasteiger partial charge in [0.25, 0.3) is 5.91 Å². The van der Waals surface area contributed by atoms with E-state index in [9.17, 15) is 14.7 Å². The topological polar surface area (TPSA) is 75.6 Å². The largest absolute Gasteiger partial charge is 0.495 e. The zero-order chi connectivity index (χ0) is 21.3. The first-order chi connectivity index (χ1) is 13.7. The molecule has 5 nitrogen and oxygen atoms in total. The summed E-state index contributed by atoms with van der Waals surface area (Å²) in [6.45, 7) is 0. The summed E-state index contributed by atoms with van der Waals surface area (Å²) in [4.78, 5) is 25.2. The molecule has 2 aromatic carbocycles. The van der Waals surface area contributed by atoms with Crippen molar-refractivity contribution in [3.63, 3.8) is 0 Å². The number of methoxy groups -OCH3 is 1. The minimum Gasteiger partial charge on any atom is -0.495 e. The monoisotopic (exact) mass is 533 g/mol. The molecule has 0 spiro atoms. The lowest BCUT2D eigenvalue weighted by Gasteiger charge is -2.12. The molecule has 0 unspecified atom stereocenters. The number of anilines is 1. The van der Waals surface area contributed by atoms with Gasteiger partial charge in [-0.15, -0.1) is 11.3 Å². The number of carboxylic acid groups (broad SMARTS) is 1. The van der Waals surface area contributed by atoms with Gasteiger partial charge in [-0.3, -0.25) is 4.79 Å². The van der Waals surface area contributed by atoms with Gasteiger partial charge < -0.3 is 15.2 Å². The molecule has 150 valence electrons. The molecule has 0 saturated carbocycles. The predicted octanol–water partition coefficient (Wildman–Crippen LogP) is 7.10. The van der Waals surface area contributed by atoms with Crippen molar-refractivity contribution in [1.82, 2.24) is 0 Å². The molecular weight excluding hydrogens is 525 g/mol. The SMILES string of the molecule is COc1cc(Cl)c(C(=O)Nc2csc(-c3ccc(Br)cc3)c2C(=O)O)c(Cl)c1Cl. The number of rotatable bonds is 5. The number of carbonyl (C=O) groups is 2. The molecule has 0 aliphatic carbocycles. The van der Waals surface area contributed by atoms with Gasteiger partial charge >= 0.3 is 5.97 Å². The Kier molecular flexibility index (Phi) is 6.76. The second-order valence-electron chi connectivity index (χ2n) is 5.68. The minimum absolute atomic E-state index is 0.0222. The van der Waals surface area contributed by atoms with Gasteiger partial charge in [-0.25, -0.2) is 4.79 Å². The maximum absolute atomic E-state index is 12.8. The van der Waals surface area contributed by atoms with Crippen LogP contribution in [0.1, 0.15) is 20.7 Å². The van der Waals surface area contributed by atoms with Gasteiger partial charge in [0.2, 0.25) is 0 Å². The number of amides is 1. The molecule has 0 fully saturated rings. The normalized spacial score (nSPS) is 10.7.